The van der Waals surface area contributed by atoms with Gasteiger partial charge in [0, 0.05) is 40.7 Å². The fourth-order valence-electron chi connectivity index (χ4n) is 3.31. The van der Waals surface area contributed by atoms with E-state index in [1.54, 1.807) is 26.3 Å². The number of hydrogen-bond donors (Lipinski definition) is 1. The number of esters is 1. The van der Waals surface area contributed by atoms with E-state index in [2.05, 4.69) is 4.98 Å². The van der Waals surface area contributed by atoms with Gasteiger partial charge in [-0.3, -0.25) is 4.79 Å². The molecule has 0 bridgehead atoms. The molecule has 4 aromatic rings. The Morgan fingerprint density at radius 1 is 1.07 bits per heavy atom. The summed E-state index contributed by atoms with van der Waals surface area (Å²) in [4.78, 5) is 28.6. The molecule has 0 aliphatic heterocycles. The normalized spacial score (nSPS) is 12.4. The van der Waals surface area contributed by atoms with Crippen LogP contribution in [0.5, 0.6) is 0 Å². The van der Waals surface area contributed by atoms with E-state index < -0.39 is 12.1 Å². The highest BCUT2D eigenvalue weighted by molar-refractivity contribution is 6.10. The summed E-state index contributed by atoms with van der Waals surface area (Å²) in [5.41, 5.74) is 2.51. The molecular weight excluding hydrogens is 358 g/mol. The highest BCUT2D eigenvalue weighted by Gasteiger charge is 2.27. The van der Waals surface area contributed by atoms with Gasteiger partial charge >= 0.3 is 5.97 Å². The number of nitrogens with one attached hydrogen (secondary N) is 1. The molecular formula is C22H19NO5. The topological polar surface area (TPSA) is 81.5 Å². The van der Waals surface area contributed by atoms with Crippen molar-refractivity contribution in [2.75, 3.05) is 7.11 Å². The number of fused-ring (bicyclic) bond motifs is 2. The van der Waals surface area contributed by atoms with Crippen molar-refractivity contribution < 1.29 is 23.5 Å². The summed E-state index contributed by atoms with van der Waals surface area (Å²) in [6.07, 6.45) is 0.671. The van der Waals surface area contributed by atoms with Gasteiger partial charge < -0.3 is 18.9 Å². The van der Waals surface area contributed by atoms with Crippen LogP contribution in [0.1, 0.15) is 33.4 Å². The van der Waals surface area contributed by atoms with Crippen molar-refractivity contribution >= 4 is 33.6 Å². The van der Waals surface area contributed by atoms with Gasteiger partial charge in [-0.1, -0.05) is 36.4 Å². The highest BCUT2D eigenvalue weighted by Crippen LogP contribution is 2.28. The molecule has 6 nitrogen and oxygen atoms in total. The Morgan fingerprint density at radius 2 is 1.79 bits per heavy atom. The van der Waals surface area contributed by atoms with Crippen LogP contribution in [-0.4, -0.2) is 30.0 Å². The van der Waals surface area contributed by atoms with Crippen LogP contribution in [0, 0.1) is 0 Å². The molecule has 0 amide bonds. The molecule has 0 radical (unpaired) electrons. The predicted molar refractivity (Wildman–Crippen MR) is 104 cm³/mol. The Kier molecular flexibility index (Phi) is 4.71. The van der Waals surface area contributed by atoms with Crippen molar-refractivity contribution in [1.82, 2.24) is 4.98 Å². The number of ketones is 1. The third-order valence-electron chi connectivity index (χ3n) is 4.68. The van der Waals surface area contributed by atoms with Gasteiger partial charge in [-0.05, 0) is 19.1 Å². The number of para-hydroxylation sites is 2. The molecule has 0 aliphatic rings. The quantitative estimate of drug-likeness (QED) is 0.395. The van der Waals surface area contributed by atoms with E-state index in [1.807, 2.05) is 42.5 Å². The van der Waals surface area contributed by atoms with Crippen molar-refractivity contribution in [3.05, 3.63) is 71.6 Å². The average molecular weight is 377 g/mol. The van der Waals surface area contributed by atoms with E-state index in [-0.39, 0.29) is 18.2 Å². The first kappa shape index (κ1) is 18.0. The monoisotopic (exact) mass is 377 g/mol. The number of hydrogen-bond acceptors (Lipinski definition) is 5. The molecule has 28 heavy (non-hydrogen) atoms. The SMILES string of the molecule is COCc1c(C(=O)O[C@H](C)C(=O)c2c[nH]c3ccccc23)oc2ccccc12. The number of methoxy groups -OCH3 is 1. The number of ether oxygens (including phenoxy) is 2. The Bertz CT molecular complexity index is 1170. The molecule has 0 spiro atoms. The van der Waals surface area contributed by atoms with Crippen molar-refractivity contribution in [1.29, 1.82) is 0 Å². The fraction of sp³-hybridized carbons (Fsp3) is 0.182. The van der Waals surface area contributed by atoms with Gasteiger partial charge in [0.15, 0.2) is 6.10 Å². The first-order valence-corrected chi connectivity index (χ1v) is 8.90. The molecule has 0 unspecified atom stereocenters. The van der Waals surface area contributed by atoms with Crippen molar-refractivity contribution in [2.24, 2.45) is 0 Å². The standard InChI is InChI=1S/C22H19NO5/c1-13(20(24)16-11-23-18-9-5-3-7-14(16)18)27-22(25)21-17(12-26-2)15-8-4-6-10-19(15)28-21/h3-11,13,23H,12H2,1-2H3/t13-/m1/s1. The Balaban J connectivity index is 1.60. The molecule has 142 valence electrons. The lowest BCUT2D eigenvalue weighted by molar-refractivity contribution is 0.0287. The summed E-state index contributed by atoms with van der Waals surface area (Å²) in [5.74, 6) is -0.916. The maximum absolute atomic E-state index is 12.8. The van der Waals surface area contributed by atoms with Crippen molar-refractivity contribution in [3.8, 4) is 0 Å². The summed E-state index contributed by atoms with van der Waals surface area (Å²) < 4.78 is 16.3. The number of aromatic amines is 1. The summed E-state index contributed by atoms with van der Waals surface area (Å²) in [6, 6.07) is 14.8. The van der Waals surface area contributed by atoms with Crippen LogP contribution in [0.15, 0.2) is 59.1 Å². The molecule has 2 aromatic carbocycles. The molecule has 0 saturated heterocycles. The third-order valence-corrected chi connectivity index (χ3v) is 4.68. The average Bonchev–Trinajstić information content (AvgIpc) is 3.30. The lowest BCUT2D eigenvalue weighted by Gasteiger charge is -2.11. The molecule has 1 N–H and O–H groups in total. The molecule has 2 heterocycles. The maximum Gasteiger partial charge on any atom is 0.375 e. The maximum atomic E-state index is 12.8. The predicted octanol–water partition coefficient (Wildman–Crippen LogP) is 4.49. The summed E-state index contributed by atoms with van der Waals surface area (Å²) in [6.45, 7) is 1.76. The summed E-state index contributed by atoms with van der Waals surface area (Å²) in [5, 5.41) is 1.58. The number of aromatic nitrogens is 1. The van der Waals surface area contributed by atoms with E-state index in [4.69, 9.17) is 13.9 Å². The van der Waals surface area contributed by atoms with E-state index >= 15 is 0 Å². The lowest BCUT2D eigenvalue weighted by atomic mass is 10.1. The van der Waals surface area contributed by atoms with Gasteiger partial charge in [0.1, 0.15) is 5.58 Å². The molecule has 0 saturated carbocycles. The van der Waals surface area contributed by atoms with E-state index in [1.165, 1.54) is 0 Å². The zero-order chi connectivity index (χ0) is 19.7. The first-order chi connectivity index (χ1) is 13.6. The summed E-state index contributed by atoms with van der Waals surface area (Å²) in [7, 11) is 1.54. The van der Waals surface area contributed by atoms with Gasteiger partial charge in [-0.25, -0.2) is 4.79 Å². The van der Waals surface area contributed by atoms with Gasteiger partial charge in [-0.2, -0.15) is 0 Å². The van der Waals surface area contributed by atoms with Crippen LogP contribution in [0.3, 0.4) is 0 Å². The van der Waals surface area contributed by atoms with Crippen LogP contribution in [0.4, 0.5) is 0 Å². The Morgan fingerprint density at radius 3 is 2.57 bits per heavy atom. The molecule has 6 heteroatoms. The number of benzene rings is 2. The van der Waals surface area contributed by atoms with E-state index in [9.17, 15) is 9.59 Å². The van der Waals surface area contributed by atoms with Gasteiger partial charge in [-0.15, -0.1) is 0 Å². The van der Waals surface area contributed by atoms with Gasteiger partial charge in [0.25, 0.3) is 0 Å². The van der Waals surface area contributed by atoms with Crippen LogP contribution < -0.4 is 0 Å². The fourth-order valence-corrected chi connectivity index (χ4v) is 3.31. The molecule has 0 fully saturated rings. The second kappa shape index (κ2) is 7.32. The van der Waals surface area contributed by atoms with Gasteiger partial charge in [0.05, 0.1) is 6.61 Å². The zero-order valence-corrected chi connectivity index (χ0v) is 15.5. The number of carbonyl (C=O) groups excluding carboxylic acids is 2. The number of rotatable bonds is 6. The number of furan rings is 1. The zero-order valence-electron chi connectivity index (χ0n) is 15.5. The second-order valence-electron chi connectivity index (χ2n) is 6.50. The minimum atomic E-state index is -0.963. The lowest BCUT2D eigenvalue weighted by Crippen LogP contribution is -2.24. The number of carbonyl (C=O) groups is 2. The molecule has 1 atom stereocenters. The van der Waals surface area contributed by atoms with Gasteiger partial charge in [0.2, 0.25) is 11.5 Å². The third kappa shape index (κ3) is 3.08. The largest absolute Gasteiger partial charge is 0.449 e. The second-order valence-corrected chi connectivity index (χ2v) is 6.50. The smallest absolute Gasteiger partial charge is 0.375 e. The molecule has 2 aromatic heterocycles. The van der Waals surface area contributed by atoms with Crippen LogP contribution >= 0.6 is 0 Å². The highest BCUT2D eigenvalue weighted by atomic mass is 16.6. The van der Waals surface area contributed by atoms with Crippen LogP contribution in [0.2, 0.25) is 0 Å². The molecule has 0 aliphatic carbocycles. The Hall–Kier alpha value is -3.38. The number of Topliss-reactive ketones (excluding diaryl/α,β-unsaturated/α-hetero) is 1. The van der Waals surface area contributed by atoms with E-state index in [0.717, 1.165) is 16.3 Å². The molecule has 4 rings (SSSR count). The summed E-state index contributed by atoms with van der Waals surface area (Å²) >= 11 is 0. The Labute approximate surface area is 161 Å². The first-order valence-electron chi connectivity index (χ1n) is 8.90. The number of H-pyrrole nitrogens is 1. The van der Waals surface area contributed by atoms with Crippen LogP contribution in [-0.2, 0) is 16.1 Å². The van der Waals surface area contributed by atoms with Crippen molar-refractivity contribution in [2.45, 2.75) is 19.6 Å². The minimum Gasteiger partial charge on any atom is -0.449 e. The minimum absolute atomic E-state index is 0.0571. The van der Waals surface area contributed by atoms with E-state index in [0.29, 0.717) is 16.7 Å². The van der Waals surface area contributed by atoms with Crippen LogP contribution in [0.25, 0.3) is 21.9 Å². The van der Waals surface area contributed by atoms with Crippen molar-refractivity contribution in [3.63, 3.8) is 0 Å².